The summed E-state index contributed by atoms with van der Waals surface area (Å²) in [6, 6.07) is 8.72. The molecule has 3 rings (SSSR count). The molecule has 0 N–H and O–H groups in total. The average molecular weight is 252 g/mol. The van der Waals surface area contributed by atoms with Crippen LogP contribution in [0.4, 0.5) is 5.69 Å². The average Bonchev–Trinajstić information content (AvgIpc) is 2.47. The van der Waals surface area contributed by atoms with E-state index in [4.69, 9.17) is 0 Å². The molecule has 1 aliphatic rings. The van der Waals surface area contributed by atoms with Gasteiger partial charge in [0.1, 0.15) is 0 Å². The Hall–Kier alpha value is -1.83. The first-order valence-corrected chi connectivity index (χ1v) is 7.00. The Bertz CT molecular complexity index is 626. The van der Waals surface area contributed by atoms with Gasteiger partial charge in [0.2, 0.25) is 0 Å². The minimum Gasteiger partial charge on any atom is -0.378 e. The van der Waals surface area contributed by atoms with Crippen molar-refractivity contribution in [1.82, 2.24) is 4.98 Å². The van der Waals surface area contributed by atoms with Gasteiger partial charge in [-0.3, -0.25) is 4.98 Å². The number of nitrogens with zero attached hydrogens (tertiary/aromatic N) is 2. The van der Waals surface area contributed by atoms with Gasteiger partial charge in [0.25, 0.3) is 0 Å². The van der Waals surface area contributed by atoms with E-state index < -0.39 is 0 Å². The van der Waals surface area contributed by atoms with Gasteiger partial charge in [-0.25, -0.2) is 0 Å². The largest absolute Gasteiger partial charge is 0.378 e. The lowest BCUT2D eigenvalue weighted by Crippen LogP contribution is -2.08. The fourth-order valence-corrected chi connectivity index (χ4v) is 2.67. The van der Waals surface area contributed by atoms with E-state index in [1.807, 2.05) is 6.20 Å². The van der Waals surface area contributed by atoms with E-state index in [0.717, 1.165) is 5.52 Å². The number of pyridine rings is 1. The zero-order valence-corrected chi connectivity index (χ0v) is 11.7. The molecule has 1 aliphatic carbocycles. The molecular formula is C17H20N2. The number of aromatic nitrogens is 1. The van der Waals surface area contributed by atoms with Gasteiger partial charge in [-0.15, -0.1) is 0 Å². The van der Waals surface area contributed by atoms with Gasteiger partial charge in [-0.1, -0.05) is 6.08 Å². The highest BCUT2D eigenvalue weighted by Gasteiger charge is 2.08. The molecule has 0 fully saturated rings. The Kier molecular flexibility index (Phi) is 3.24. The number of anilines is 1. The van der Waals surface area contributed by atoms with Crippen LogP contribution in [0.5, 0.6) is 0 Å². The predicted octanol–water partition coefficient (Wildman–Crippen LogP) is 4.26. The van der Waals surface area contributed by atoms with Gasteiger partial charge in [-0.2, -0.15) is 0 Å². The highest BCUT2D eigenvalue weighted by atomic mass is 15.1. The minimum atomic E-state index is 1.07. The van der Waals surface area contributed by atoms with Crippen LogP contribution in [0.25, 0.3) is 16.5 Å². The summed E-state index contributed by atoms with van der Waals surface area (Å²) in [5, 5.41) is 1.23. The summed E-state index contributed by atoms with van der Waals surface area (Å²) in [4.78, 5) is 6.73. The summed E-state index contributed by atoms with van der Waals surface area (Å²) in [6.45, 7) is 0. The second kappa shape index (κ2) is 5.04. The highest BCUT2D eigenvalue weighted by molar-refractivity contribution is 5.85. The molecule has 2 nitrogen and oxygen atoms in total. The van der Waals surface area contributed by atoms with Crippen molar-refractivity contribution in [2.75, 3.05) is 19.0 Å². The molecule has 0 spiro atoms. The van der Waals surface area contributed by atoms with Crippen LogP contribution >= 0.6 is 0 Å². The quantitative estimate of drug-likeness (QED) is 0.794. The standard InChI is InChI=1S/C17H20N2/c1-19(2)16-8-9-17-14(11-16)10-15(12-18-17)13-6-4-3-5-7-13/h6,8-12H,3-5,7H2,1-2H3. The smallest absolute Gasteiger partial charge is 0.0703 e. The van der Waals surface area contributed by atoms with Gasteiger partial charge in [0.15, 0.2) is 0 Å². The summed E-state index contributed by atoms with van der Waals surface area (Å²) >= 11 is 0. The zero-order chi connectivity index (χ0) is 13.2. The molecular weight excluding hydrogens is 232 g/mol. The molecule has 1 aromatic heterocycles. The first kappa shape index (κ1) is 12.2. The van der Waals surface area contributed by atoms with Crippen molar-refractivity contribution in [1.29, 1.82) is 0 Å². The lowest BCUT2D eigenvalue weighted by atomic mass is 9.94. The SMILES string of the molecule is CN(C)c1ccc2ncc(C3=CCCCC3)cc2c1. The topological polar surface area (TPSA) is 16.1 Å². The predicted molar refractivity (Wildman–Crippen MR) is 82.5 cm³/mol. The van der Waals surface area contributed by atoms with E-state index in [-0.39, 0.29) is 0 Å². The van der Waals surface area contributed by atoms with Crippen LogP contribution < -0.4 is 4.90 Å². The first-order valence-electron chi connectivity index (χ1n) is 7.00. The van der Waals surface area contributed by atoms with Crippen LogP contribution in [0.1, 0.15) is 31.2 Å². The third-order valence-corrected chi connectivity index (χ3v) is 3.84. The summed E-state index contributed by atoms with van der Waals surface area (Å²) in [5.74, 6) is 0. The van der Waals surface area contributed by atoms with Gasteiger partial charge in [-0.05, 0) is 61.1 Å². The van der Waals surface area contributed by atoms with Crippen LogP contribution in [-0.2, 0) is 0 Å². The van der Waals surface area contributed by atoms with Gasteiger partial charge >= 0.3 is 0 Å². The molecule has 2 aromatic rings. The van der Waals surface area contributed by atoms with Crippen molar-refractivity contribution in [2.45, 2.75) is 25.7 Å². The van der Waals surface area contributed by atoms with Crippen LogP contribution in [0.2, 0.25) is 0 Å². The molecule has 0 unspecified atom stereocenters. The monoisotopic (exact) mass is 252 g/mol. The Labute approximate surface area is 114 Å². The van der Waals surface area contributed by atoms with E-state index in [1.165, 1.54) is 47.9 Å². The van der Waals surface area contributed by atoms with E-state index >= 15 is 0 Å². The lowest BCUT2D eigenvalue weighted by molar-refractivity contribution is 0.742. The maximum Gasteiger partial charge on any atom is 0.0703 e. The lowest BCUT2D eigenvalue weighted by Gasteiger charge is -2.15. The van der Waals surface area contributed by atoms with Crippen molar-refractivity contribution >= 4 is 22.2 Å². The van der Waals surface area contributed by atoms with Crippen molar-refractivity contribution in [3.8, 4) is 0 Å². The summed E-state index contributed by atoms with van der Waals surface area (Å²) in [6.07, 6.45) is 9.44. The number of rotatable bonds is 2. The van der Waals surface area contributed by atoms with Crippen molar-refractivity contribution in [3.05, 3.63) is 42.1 Å². The van der Waals surface area contributed by atoms with Crippen LogP contribution in [-0.4, -0.2) is 19.1 Å². The van der Waals surface area contributed by atoms with Crippen LogP contribution in [0.15, 0.2) is 36.5 Å². The summed E-state index contributed by atoms with van der Waals surface area (Å²) in [7, 11) is 4.14. The third kappa shape index (κ3) is 2.48. The molecule has 0 saturated carbocycles. The van der Waals surface area contributed by atoms with Gasteiger partial charge in [0, 0.05) is 31.4 Å². The first-order chi connectivity index (χ1) is 9.24. The van der Waals surface area contributed by atoms with Gasteiger partial charge in [0.05, 0.1) is 5.52 Å². The fourth-order valence-electron chi connectivity index (χ4n) is 2.67. The molecule has 0 bridgehead atoms. The number of benzene rings is 1. The molecule has 1 heterocycles. The van der Waals surface area contributed by atoms with Crippen molar-refractivity contribution in [2.24, 2.45) is 0 Å². The van der Waals surface area contributed by atoms with Crippen LogP contribution in [0, 0.1) is 0 Å². The summed E-state index contributed by atoms with van der Waals surface area (Å²) < 4.78 is 0. The normalized spacial score (nSPS) is 15.4. The molecule has 1 aromatic carbocycles. The van der Waals surface area contributed by atoms with Crippen molar-refractivity contribution < 1.29 is 0 Å². The van der Waals surface area contributed by atoms with E-state index in [1.54, 1.807) is 0 Å². The van der Waals surface area contributed by atoms with E-state index in [9.17, 15) is 0 Å². The van der Waals surface area contributed by atoms with Crippen LogP contribution in [0.3, 0.4) is 0 Å². The fraction of sp³-hybridized carbons (Fsp3) is 0.353. The Morgan fingerprint density at radius 1 is 1.11 bits per heavy atom. The molecule has 2 heteroatoms. The minimum absolute atomic E-state index is 1.07. The molecule has 0 amide bonds. The second-order valence-electron chi connectivity index (χ2n) is 5.47. The number of hydrogen-bond donors (Lipinski definition) is 0. The number of hydrogen-bond acceptors (Lipinski definition) is 2. The maximum absolute atomic E-state index is 4.60. The molecule has 0 aliphatic heterocycles. The zero-order valence-electron chi connectivity index (χ0n) is 11.7. The molecule has 98 valence electrons. The van der Waals surface area contributed by atoms with E-state index in [2.05, 4.69) is 54.3 Å². The maximum atomic E-state index is 4.60. The van der Waals surface area contributed by atoms with Crippen molar-refractivity contribution in [3.63, 3.8) is 0 Å². The molecule has 0 saturated heterocycles. The molecule has 19 heavy (non-hydrogen) atoms. The highest BCUT2D eigenvalue weighted by Crippen LogP contribution is 2.29. The second-order valence-corrected chi connectivity index (χ2v) is 5.47. The number of fused-ring (bicyclic) bond motifs is 1. The van der Waals surface area contributed by atoms with Gasteiger partial charge < -0.3 is 4.90 Å². The summed E-state index contributed by atoms with van der Waals surface area (Å²) in [5.41, 5.74) is 5.06. The van der Waals surface area contributed by atoms with E-state index in [0.29, 0.717) is 0 Å². The Balaban J connectivity index is 2.05. The molecule has 0 radical (unpaired) electrons. The Morgan fingerprint density at radius 3 is 2.74 bits per heavy atom. The molecule has 0 atom stereocenters. The Morgan fingerprint density at radius 2 is 2.00 bits per heavy atom. The number of allylic oxidation sites excluding steroid dienone is 2. The third-order valence-electron chi connectivity index (χ3n) is 3.84.